The van der Waals surface area contributed by atoms with Gasteiger partial charge < -0.3 is 9.16 Å². The molecule has 1 fully saturated rings. The van der Waals surface area contributed by atoms with Crippen molar-refractivity contribution in [3.63, 3.8) is 0 Å². The molecule has 1 saturated heterocycles. The lowest BCUT2D eigenvalue weighted by Gasteiger charge is -2.50. The molecular formula is C15H32O2Si. The molecule has 1 aliphatic heterocycles. The van der Waals surface area contributed by atoms with Crippen LogP contribution in [-0.2, 0) is 9.16 Å². The number of hydrogen-bond donors (Lipinski definition) is 0. The van der Waals surface area contributed by atoms with Crippen LogP contribution in [0.3, 0.4) is 0 Å². The summed E-state index contributed by atoms with van der Waals surface area (Å²) in [5.41, 5.74) is 0.201. The van der Waals surface area contributed by atoms with E-state index in [-0.39, 0.29) is 22.7 Å². The van der Waals surface area contributed by atoms with Crippen LogP contribution < -0.4 is 0 Å². The maximum atomic E-state index is 6.63. The highest BCUT2D eigenvalue weighted by atomic mass is 28.4. The molecule has 0 aromatic carbocycles. The molecule has 0 aromatic heterocycles. The lowest BCUT2D eigenvalue weighted by molar-refractivity contribution is -0.153. The molecular weight excluding hydrogens is 240 g/mol. The zero-order valence-corrected chi connectivity index (χ0v) is 14.8. The summed E-state index contributed by atoms with van der Waals surface area (Å²) in [6.45, 7) is 20.5. The maximum absolute atomic E-state index is 6.63. The summed E-state index contributed by atoms with van der Waals surface area (Å²) in [5.74, 6) is 0. The Morgan fingerprint density at radius 1 is 1.17 bits per heavy atom. The maximum Gasteiger partial charge on any atom is 0.192 e. The minimum Gasteiger partial charge on any atom is -0.411 e. The van der Waals surface area contributed by atoms with E-state index in [1.807, 2.05) is 0 Å². The van der Waals surface area contributed by atoms with Gasteiger partial charge in [-0.1, -0.05) is 34.6 Å². The molecule has 0 saturated carbocycles. The summed E-state index contributed by atoms with van der Waals surface area (Å²) < 4.78 is 12.6. The van der Waals surface area contributed by atoms with Crippen molar-refractivity contribution in [1.29, 1.82) is 0 Å². The normalized spacial score (nSPS) is 33.5. The fourth-order valence-corrected chi connectivity index (χ4v) is 4.23. The predicted molar refractivity (Wildman–Crippen MR) is 80.5 cm³/mol. The van der Waals surface area contributed by atoms with Crippen molar-refractivity contribution in [3.8, 4) is 0 Å². The average molecular weight is 273 g/mol. The van der Waals surface area contributed by atoms with Crippen LogP contribution in [0.25, 0.3) is 0 Å². The van der Waals surface area contributed by atoms with Crippen LogP contribution in [0.15, 0.2) is 0 Å². The van der Waals surface area contributed by atoms with E-state index in [4.69, 9.17) is 9.16 Å². The molecule has 3 heteroatoms. The van der Waals surface area contributed by atoms with Gasteiger partial charge in [-0.15, -0.1) is 0 Å². The molecule has 1 aliphatic rings. The Balaban J connectivity index is 2.88. The van der Waals surface area contributed by atoms with E-state index in [2.05, 4.69) is 61.6 Å². The molecule has 3 atom stereocenters. The van der Waals surface area contributed by atoms with Crippen molar-refractivity contribution in [2.24, 2.45) is 5.41 Å². The van der Waals surface area contributed by atoms with Crippen LogP contribution >= 0.6 is 0 Å². The monoisotopic (exact) mass is 272 g/mol. The van der Waals surface area contributed by atoms with Crippen LogP contribution in [0.4, 0.5) is 0 Å². The Morgan fingerprint density at radius 3 is 2.06 bits per heavy atom. The molecule has 0 N–H and O–H groups in total. The summed E-state index contributed by atoms with van der Waals surface area (Å²) in [7, 11) is -1.72. The molecule has 18 heavy (non-hydrogen) atoms. The van der Waals surface area contributed by atoms with Gasteiger partial charge in [0.25, 0.3) is 0 Å². The van der Waals surface area contributed by atoms with E-state index in [9.17, 15) is 0 Å². The molecule has 0 aromatic rings. The Bertz CT molecular complexity index is 291. The van der Waals surface area contributed by atoms with Crippen LogP contribution in [-0.4, -0.2) is 26.6 Å². The van der Waals surface area contributed by atoms with Gasteiger partial charge in [0.1, 0.15) is 0 Å². The van der Waals surface area contributed by atoms with Crippen molar-refractivity contribution >= 4 is 8.32 Å². The molecule has 2 nitrogen and oxygen atoms in total. The van der Waals surface area contributed by atoms with E-state index in [1.165, 1.54) is 0 Å². The number of ether oxygens (including phenoxy) is 1. The summed E-state index contributed by atoms with van der Waals surface area (Å²) in [6, 6.07) is 0. The van der Waals surface area contributed by atoms with Crippen molar-refractivity contribution in [2.75, 3.05) is 0 Å². The van der Waals surface area contributed by atoms with E-state index >= 15 is 0 Å². The van der Waals surface area contributed by atoms with Crippen molar-refractivity contribution in [2.45, 2.75) is 91.3 Å². The standard InChI is InChI=1S/C15H32O2Si/c1-11-10-15(6,7)13(12(2)16-11)17-18(8,9)14(3,4)5/h11-13H,10H2,1-9H3/t11?,12-,13-/m0/s1. The fourth-order valence-electron chi connectivity index (χ4n) is 2.73. The molecule has 0 radical (unpaired) electrons. The van der Waals surface area contributed by atoms with Gasteiger partial charge in [0, 0.05) is 0 Å². The lowest BCUT2D eigenvalue weighted by Crippen LogP contribution is -2.55. The van der Waals surface area contributed by atoms with Crippen LogP contribution in [0.5, 0.6) is 0 Å². The largest absolute Gasteiger partial charge is 0.411 e. The molecule has 0 amide bonds. The Morgan fingerprint density at radius 2 is 1.67 bits per heavy atom. The molecule has 0 aliphatic carbocycles. The number of hydrogen-bond acceptors (Lipinski definition) is 2. The molecule has 1 rings (SSSR count). The average Bonchev–Trinajstić information content (AvgIpc) is 2.08. The van der Waals surface area contributed by atoms with E-state index in [0.29, 0.717) is 6.10 Å². The molecule has 0 bridgehead atoms. The zero-order valence-electron chi connectivity index (χ0n) is 13.8. The van der Waals surface area contributed by atoms with E-state index < -0.39 is 8.32 Å². The number of rotatable bonds is 2. The van der Waals surface area contributed by atoms with Crippen LogP contribution in [0.1, 0.15) is 54.9 Å². The molecule has 1 unspecified atom stereocenters. The molecule has 0 spiro atoms. The van der Waals surface area contributed by atoms with E-state index in [1.54, 1.807) is 0 Å². The minimum absolute atomic E-state index is 0.192. The topological polar surface area (TPSA) is 18.5 Å². The van der Waals surface area contributed by atoms with E-state index in [0.717, 1.165) is 6.42 Å². The third-order valence-corrected chi connectivity index (χ3v) is 9.14. The second-order valence-electron chi connectivity index (χ2n) is 8.14. The Hall–Kier alpha value is 0.137. The summed E-state index contributed by atoms with van der Waals surface area (Å²) in [5, 5.41) is 0.256. The first-order chi connectivity index (χ1) is 7.87. The Kier molecular flexibility index (Phi) is 4.42. The van der Waals surface area contributed by atoms with Gasteiger partial charge in [0.05, 0.1) is 18.3 Å². The van der Waals surface area contributed by atoms with Gasteiger partial charge in [0.2, 0.25) is 0 Å². The first kappa shape index (κ1) is 16.2. The molecule has 108 valence electrons. The second-order valence-corrected chi connectivity index (χ2v) is 12.9. The van der Waals surface area contributed by atoms with Gasteiger partial charge in [-0.2, -0.15) is 0 Å². The first-order valence-electron chi connectivity index (χ1n) is 7.20. The van der Waals surface area contributed by atoms with Gasteiger partial charge in [0.15, 0.2) is 8.32 Å². The third kappa shape index (κ3) is 3.37. The Labute approximate surface area is 115 Å². The van der Waals surface area contributed by atoms with Gasteiger partial charge in [-0.25, -0.2) is 0 Å². The smallest absolute Gasteiger partial charge is 0.192 e. The third-order valence-electron chi connectivity index (χ3n) is 4.68. The van der Waals surface area contributed by atoms with Crippen molar-refractivity contribution < 1.29 is 9.16 Å². The van der Waals surface area contributed by atoms with Crippen molar-refractivity contribution in [1.82, 2.24) is 0 Å². The highest BCUT2D eigenvalue weighted by Crippen LogP contribution is 2.44. The summed E-state index contributed by atoms with van der Waals surface area (Å²) in [4.78, 5) is 0. The molecule has 1 heterocycles. The van der Waals surface area contributed by atoms with Gasteiger partial charge in [-0.05, 0) is 43.8 Å². The zero-order chi connectivity index (χ0) is 14.4. The highest BCUT2D eigenvalue weighted by Gasteiger charge is 2.47. The summed E-state index contributed by atoms with van der Waals surface area (Å²) in [6.07, 6.45) is 1.83. The fraction of sp³-hybridized carbons (Fsp3) is 1.00. The summed E-state index contributed by atoms with van der Waals surface area (Å²) >= 11 is 0. The first-order valence-corrected chi connectivity index (χ1v) is 10.1. The SMILES string of the molecule is CC1CC(C)(C)[C@@H](O[Si](C)(C)C(C)(C)C)[C@H](C)O1. The van der Waals surface area contributed by atoms with Gasteiger partial charge >= 0.3 is 0 Å². The van der Waals surface area contributed by atoms with Crippen molar-refractivity contribution in [3.05, 3.63) is 0 Å². The quantitative estimate of drug-likeness (QED) is 0.684. The van der Waals surface area contributed by atoms with Crippen LogP contribution in [0.2, 0.25) is 18.1 Å². The highest BCUT2D eigenvalue weighted by molar-refractivity contribution is 6.74. The van der Waals surface area contributed by atoms with Gasteiger partial charge in [-0.3, -0.25) is 0 Å². The minimum atomic E-state index is -1.72. The second kappa shape index (κ2) is 4.91. The van der Waals surface area contributed by atoms with Crippen LogP contribution in [0, 0.1) is 5.41 Å². The predicted octanol–water partition coefficient (Wildman–Crippen LogP) is 4.60. The lowest BCUT2D eigenvalue weighted by atomic mass is 9.77.